The number of amides is 1. The van der Waals surface area contributed by atoms with Crippen molar-refractivity contribution in [1.82, 2.24) is 4.98 Å². The van der Waals surface area contributed by atoms with E-state index in [4.69, 9.17) is 4.74 Å². The van der Waals surface area contributed by atoms with Gasteiger partial charge in [-0.15, -0.1) is 11.8 Å². The molecule has 2 heterocycles. The van der Waals surface area contributed by atoms with E-state index in [-0.39, 0.29) is 5.91 Å². The van der Waals surface area contributed by atoms with Gasteiger partial charge in [0, 0.05) is 11.1 Å². The van der Waals surface area contributed by atoms with Crippen molar-refractivity contribution < 1.29 is 9.53 Å². The molecule has 3 aromatic rings. The van der Waals surface area contributed by atoms with Crippen LogP contribution in [0.3, 0.4) is 0 Å². The van der Waals surface area contributed by atoms with Crippen LogP contribution in [-0.4, -0.2) is 17.1 Å². The molecular formula is C20H16N2O2S. The Labute approximate surface area is 150 Å². The molecule has 1 amide bonds. The summed E-state index contributed by atoms with van der Waals surface area (Å²) in [6.45, 7) is 0. The first-order chi connectivity index (χ1) is 12.3. The smallest absolute Gasteiger partial charge is 0.236 e. The molecule has 0 aliphatic carbocycles. The first-order valence-corrected chi connectivity index (χ1v) is 9.15. The average Bonchev–Trinajstić information content (AvgIpc) is 2.66. The van der Waals surface area contributed by atoms with Crippen LogP contribution in [0.5, 0.6) is 11.5 Å². The molecule has 0 unspecified atom stereocenters. The number of carbonyl (C=O) groups is 1. The number of para-hydroxylation sites is 2. The number of hydrogen-bond donors (Lipinski definition) is 1. The van der Waals surface area contributed by atoms with E-state index in [1.54, 1.807) is 18.0 Å². The number of anilines is 1. The largest absolute Gasteiger partial charge is 0.457 e. The number of ether oxygens (including phenoxy) is 1. The van der Waals surface area contributed by atoms with Gasteiger partial charge in [0.1, 0.15) is 11.5 Å². The average molecular weight is 348 g/mol. The fourth-order valence-electron chi connectivity index (χ4n) is 2.98. The Morgan fingerprint density at radius 1 is 1.00 bits per heavy atom. The summed E-state index contributed by atoms with van der Waals surface area (Å²) in [5.41, 5.74) is 2.42. The van der Waals surface area contributed by atoms with Crippen molar-refractivity contribution in [2.45, 2.75) is 10.9 Å². The number of pyridine rings is 1. The summed E-state index contributed by atoms with van der Waals surface area (Å²) in [4.78, 5) is 17.4. The Hall–Kier alpha value is -2.79. The summed E-state index contributed by atoms with van der Waals surface area (Å²) in [6, 6.07) is 19.1. The van der Waals surface area contributed by atoms with E-state index >= 15 is 0 Å². The van der Waals surface area contributed by atoms with Crippen LogP contribution in [0.25, 0.3) is 0 Å². The number of benzene rings is 2. The first-order valence-electron chi connectivity index (χ1n) is 7.93. The van der Waals surface area contributed by atoms with Crippen molar-refractivity contribution >= 4 is 23.4 Å². The molecule has 124 valence electrons. The summed E-state index contributed by atoms with van der Waals surface area (Å²) in [5, 5.41) is 3.89. The van der Waals surface area contributed by atoms with Crippen LogP contribution in [0.2, 0.25) is 0 Å². The fraction of sp³-hybridized carbons (Fsp3) is 0.100. The monoisotopic (exact) mass is 348 g/mol. The molecule has 1 aromatic heterocycles. The Balaban J connectivity index is 1.70. The molecule has 5 heteroatoms. The topological polar surface area (TPSA) is 51.2 Å². The number of carbonyl (C=O) groups excluding carboxylic acids is 1. The lowest BCUT2D eigenvalue weighted by molar-refractivity contribution is -0.116. The number of rotatable bonds is 3. The van der Waals surface area contributed by atoms with E-state index in [1.165, 1.54) is 0 Å². The van der Waals surface area contributed by atoms with Gasteiger partial charge in [-0.1, -0.05) is 36.4 Å². The normalized spacial score (nSPS) is 12.7. The minimum Gasteiger partial charge on any atom is -0.457 e. The van der Waals surface area contributed by atoms with Crippen molar-refractivity contribution in [3.8, 4) is 11.5 Å². The molecule has 1 N–H and O–H groups in total. The lowest BCUT2D eigenvalue weighted by Crippen LogP contribution is -2.25. The van der Waals surface area contributed by atoms with Gasteiger partial charge in [-0.3, -0.25) is 4.79 Å². The van der Waals surface area contributed by atoms with E-state index < -0.39 is 5.92 Å². The van der Waals surface area contributed by atoms with Crippen LogP contribution < -0.4 is 10.1 Å². The van der Waals surface area contributed by atoms with E-state index in [2.05, 4.69) is 10.3 Å². The molecule has 4 nitrogen and oxygen atoms in total. The second kappa shape index (κ2) is 6.61. The maximum absolute atomic E-state index is 13.0. The number of thioether (sulfide) groups is 1. The van der Waals surface area contributed by atoms with Crippen LogP contribution in [0.15, 0.2) is 71.9 Å². The minimum atomic E-state index is -0.415. The van der Waals surface area contributed by atoms with Crippen molar-refractivity contribution in [3.63, 3.8) is 0 Å². The second-order valence-electron chi connectivity index (χ2n) is 5.69. The van der Waals surface area contributed by atoms with Crippen LogP contribution in [0.4, 0.5) is 5.69 Å². The van der Waals surface area contributed by atoms with Crippen LogP contribution in [0.1, 0.15) is 17.0 Å². The number of nitrogens with zero attached hydrogens (tertiary/aromatic N) is 1. The number of hydrogen-bond acceptors (Lipinski definition) is 4. The summed E-state index contributed by atoms with van der Waals surface area (Å²) in [6.07, 6.45) is 3.65. The Morgan fingerprint density at radius 3 is 2.20 bits per heavy atom. The first kappa shape index (κ1) is 15.7. The highest BCUT2D eigenvalue weighted by Gasteiger charge is 2.32. The van der Waals surface area contributed by atoms with Gasteiger partial charge in [0.15, 0.2) is 0 Å². The zero-order valence-corrected chi connectivity index (χ0v) is 14.4. The highest BCUT2D eigenvalue weighted by atomic mass is 32.2. The molecule has 4 rings (SSSR count). The summed E-state index contributed by atoms with van der Waals surface area (Å²) < 4.78 is 5.94. The molecule has 0 saturated carbocycles. The van der Waals surface area contributed by atoms with E-state index in [0.717, 1.165) is 27.7 Å². The SMILES string of the molecule is CSc1ccc(NC(=O)C2c3ccccc3Oc3ccccc32)cn1. The molecule has 1 aliphatic rings. The third-order valence-electron chi connectivity index (χ3n) is 4.16. The summed E-state index contributed by atoms with van der Waals surface area (Å²) in [7, 11) is 0. The zero-order chi connectivity index (χ0) is 17.2. The molecule has 0 atom stereocenters. The predicted octanol–water partition coefficient (Wildman–Crippen LogP) is 4.68. The van der Waals surface area contributed by atoms with Crippen LogP contribution >= 0.6 is 11.8 Å². The van der Waals surface area contributed by atoms with Gasteiger partial charge >= 0.3 is 0 Å². The lowest BCUT2D eigenvalue weighted by atomic mass is 9.87. The van der Waals surface area contributed by atoms with Crippen LogP contribution in [0, 0.1) is 0 Å². The Bertz CT molecular complexity index is 879. The number of nitrogens with one attached hydrogen (secondary N) is 1. The molecule has 0 saturated heterocycles. The van der Waals surface area contributed by atoms with Gasteiger partial charge in [0.2, 0.25) is 5.91 Å². The van der Waals surface area contributed by atoms with Crippen molar-refractivity contribution in [2.75, 3.05) is 11.6 Å². The maximum Gasteiger partial charge on any atom is 0.236 e. The van der Waals surface area contributed by atoms with Crippen molar-refractivity contribution in [3.05, 3.63) is 78.0 Å². The predicted molar refractivity (Wildman–Crippen MR) is 99.4 cm³/mol. The van der Waals surface area contributed by atoms with E-state index in [1.807, 2.05) is 66.9 Å². The molecule has 2 aromatic carbocycles. The molecule has 1 aliphatic heterocycles. The van der Waals surface area contributed by atoms with E-state index in [9.17, 15) is 4.79 Å². The van der Waals surface area contributed by atoms with Gasteiger partial charge in [-0.05, 0) is 30.5 Å². The maximum atomic E-state index is 13.0. The third kappa shape index (κ3) is 2.98. The quantitative estimate of drug-likeness (QED) is 0.698. The highest BCUT2D eigenvalue weighted by Crippen LogP contribution is 2.44. The molecule has 0 spiro atoms. The van der Waals surface area contributed by atoms with Gasteiger partial charge < -0.3 is 10.1 Å². The third-order valence-corrected chi connectivity index (χ3v) is 4.81. The van der Waals surface area contributed by atoms with Crippen LogP contribution in [-0.2, 0) is 4.79 Å². The van der Waals surface area contributed by atoms with E-state index in [0.29, 0.717) is 5.69 Å². The minimum absolute atomic E-state index is 0.0955. The molecule has 0 fully saturated rings. The summed E-state index contributed by atoms with van der Waals surface area (Å²) in [5.74, 6) is 0.928. The van der Waals surface area contributed by atoms with Crippen molar-refractivity contribution in [2.24, 2.45) is 0 Å². The second-order valence-corrected chi connectivity index (χ2v) is 6.52. The lowest BCUT2D eigenvalue weighted by Gasteiger charge is -2.27. The molecule has 0 bridgehead atoms. The zero-order valence-electron chi connectivity index (χ0n) is 13.6. The number of fused-ring (bicyclic) bond motifs is 2. The van der Waals surface area contributed by atoms with Crippen molar-refractivity contribution in [1.29, 1.82) is 0 Å². The molecular weight excluding hydrogens is 332 g/mol. The number of aromatic nitrogens is 1. The summed E-state index contributed by atoms with van der Waals surface area (Å²) >= 11 is 1.57. The standard InChI is InChI=1S/C20H16N2O2S/c1-25-18-11-10-13(12-21-18)22-20(23)19-14-6-2-4-8-16(14)24-17-9-5-3-7-15(17)19/h2-12,19H,1H3,(H,22,23). The molecule has 25 heavy (non-hydrogen) atoms. The Morgan fingerprint density at radius 2 is 1.64 bits per heavy atom. The Kier molecular flexibility index (Phi) is 4.15. The van der Waals surface area contributed by atoms with Gasteiger partial charge in [-0.25, -0.2) is 4.98 Å². The van der Waals surface area contributed by atoms with Gasteiger partial charge in [0.05, 0.1) is 22.8 Å². The van der Waals surface area contributed by atoms with Gasteiger partial charge in [-0.2, -0.15) is 0 Å². The molecule has 0 radical (unpaired) electrons. The highest BCUT2D eigenvalue weighted by molar-refractivity contribution is 7.98. The fourth-order valence-corrected chi connectivity index (χ4v) is 3.34. The van der Waals surface area contributed by atoms with Gasteiger partial charge in [0.25, 0.3) is 0 Å².